The molecule has 0 amide bonds. The number of esters is 3. The number of ether oxygens (including phenoxy) is 8. The standard InChI is InChI=1S/C40H69N3O14/c1-21(2)17-30(46)55-38-25(6)52-32(20-40(38,8)49)56-35-24(5)53-39(34(48)33(35)43(9)10)57-36-27(15-16-42-41)18-22(3)28(45)14-12-13-23(4)51-31(47)19-29(37(36)50-11)54-26(7)44/h12,14,16,21-25,27-29,32-39,45,48-49H,13,15,17-20,41H2,1-11H3/b14-12+,42-16+/t22-,23-,24-,25+,27+,28+,29-,32+,33-,34-,35-,36?,37+,38+,39+,40-/m1/s1. The fourth-order valence-corrected chi connectivity index (χ4v) is 8.03. The van der Waals surface area contributed by atoms with Crippen LogP contribution in [0.25, 0.3) is 0 Å². The second-order valence-corrected chi connectivity index (χ2v) is 16.7. The van der Waals surface area contributed by atoms with Gasteiger partial charge in [-0.25, -0.2) is 0 Å². The van der Waals surface area contributed by atoms with Gasteiger partial charge in [-0.1, -0.05) is 32.9 Å². The van der Waals surface area contributed by atoms with E-state index in [-0.39, 0.29) is 37.5 Å². The Kier molecular flexibility index (Phi) is 18.8. The van der Waals surface area contributed by atoms with E-state index in [2.05, 4.69) is 5.10 Å². The van der Waals surface area contributed by atoms with Crippen LogP contribution in [0.15, 0.2) is 17.3 Å². The molecule has 3 rings (SSSR count). The number of cyclic esters (lactones) is 1. The van der Waals surface area contributed by atoms with Crippen LogP contribution in [0.4, 0.5) is 0 Å². The first kappa shape index (κ1) is 48.6. The molecular weight excluding hydrogens is 746 g/mol. The maximum atomic E-state index is 13.2. The molecule has 2 fully saturated rings. The van der Waals surface area contributed by atoms with Gasteiger partial charge >= 0.3 is 17.9 Å². The SMILES string of the molecule is CO[C@@H]1C(O[C@@H]2O[C@H](C)[C@@H](O[C@H]3C[C@@](C)(O)[C@@H](OC(=O)CC(C)C)[C@H](C)O3)[C@H](N(C)C)[C@H]2O)[C@@H](C/C=N/N)C[C@@H](C)[C@@H](O)/C=C/C[C@@H](C)OC(=O)C[C@H]1OC(C)=O. The number of carbonyl (C=O) groups is 3. The van der Waals surface area contributed by atoms with Gasteiger partial charge in [-0.15, -0.1) is 0 Å². The molecule has 5 N–H and O–H groups in total. The minimum atomic E-state index is -1.49. The highest BCUT2D eigenvalue weighted by atomic mass is 16.7. The molecule has 0 spiro atoms. The van der Waals surface area contributed by atoms with Crippen LogP contribution in [0.3, 0.4) is 0 Å². The van der Waals surface area contributed by atoms with Gasteiger partial charge in [-0.2, -0.15) is 5.10 Å². The largest absolute Gasteiger partial charge is 0.462 e. The van der Waals surface area contributed by atoms with Gasteiger partial charge in [0.25, 0.3) is 0 Å². The molecule has 17 nitrogen and oxygen atoms in total. The highest BCUT2D eigenvalue weighted by Crippen LogP contribution is 2.38. The van der Waals surface area contributed by atoms with Crippen molar-refractivity contribution in [2.45, 2.75) is 179 Å². The highest BCUT2D eigenvalue weighted by Gasteiger charge is 2.53. The van der Waals surface area contributed by atoms with Gasteiger partial charge in [0.15, 0.2) is 18.7 Å². The van der Waals surface area contributed by atoms with E-state index in [1.807, 2.05) is 20.8 Å². The average molecular weight is 816 g/mol. The van der Waals surface area contributed by atoms with E-state index in [9.17, 15) is 29.7 Å². The Morgan fingerprint density at radius 3 is 2.33 bits per heavy atom. The third-order valence-corrected chi connectivity index (χ3v) is 10.8. The van der Waals surface area contributed by atoms with Crippen LogP contribution < -0.4 is 5.84 Å². The van der Waals surface area contributed by atoms with E-state index in [1.165, 1.54) is 20.2 Å². The zero-order valence-electron chi connectivity index (χ0n) is 35.5. The van der Waals surface area contributed by atoms with Crippen molar-refractivity contribution >= 4 is 24.1 Å². The number of rotatable bonds is 12. The van der Waals surface area contributed by atoms with Crippen LogP contribution in [-0.2, 0) is 52.3 Å². The Morgan fingerprint density at radius 1 is 1.07 bits per heavy atom. The lowest BCUT2D eigenvalue weighted by Crippen LogP contribution is -2.66. The number of aliphatic hydroxyl groups is 3. The van der Waals surface area contributed by atoms with Crippen molar-refractivity contribution in [1.82, 2.24) is 4.90 Å². The van der Waals surface area contributed by atoms with Crippen LogP contribution in [0.2, 0.25) is 0 Å². The van der Waals surface area contributed by atoms with Crippen LogP contribution in [0, 0.1) is 17.8 Å². The molecule has 3 aliphatic rings. The molecule has 328 valence electrons. The minimum absolute atomic E-state index is 0.0314. The molecule has 1 unspecified atom stereocenters. The molecule has 0 bridgehead atoms. The van der Waals surface area contributed by atoms with Crippen molar-refractivity contribution in [3.05, 3.63) is 12.2 Å². The number of hydrogen-bond acceptors (Lipinski definition) is 17. The van der Waals surface area contributed by atoms with Crippen molar-refractivity contribution in [2.24, 2.45) is 28.7 Å². The smallest absolute Gasteiger partial charge is 0.309 e. The van der Waals surface area contributed by atoms with Crippen molar-refractivity contribution in [3.63, 3.8) is 0 Å². The third kappa shape index (κ3) is 13.9. The molecule has 2 saturated heterocycles. The summed E-state index contributed by atoms with van der Waals surface area (Å²) in [6, 6.07) is -0.751. The number of hydrogen-bond donors (Lipinski definition) is 4. The predicted octanol–water partition coefficient (Wildman–Crippen LogP) is 2.20. The zero-order valence-corrected chi connectivity index (χ0v) is 35.5. The monoisotopic (exact) mass is 815 g/mol. The fraction of sp³-hybridized carbons (Fsp3) is 0.850. The number of likely N-dealkylation sites (N-methyl/N-ethyl adjacent to an activating group) is 1. The molecule has 3 heterocycles. The van der Waals surface area contributed by atoms with Crippen molar-refractivity contribution in [1.29, 1.82) is 0 Å². The summed E-state index contributed by atoms with van der Waals surface area (Å²) in [5.41, 5.74) is -1.49. The molecule has 16 atom stereocenters. The average Bonchev–Trinajstić information content (AvgIpc) is 3.08. The first-order chi connectivity index (χ1) is 26.7. The first-order valence-corrected chi connectivity index (χ1v) is 20.0. The molecule has 0 aromatic rings. The number of hydrazone groups is 1. The quantitative estimate of drug-likeness (QED) is 0.0553. The summed E-state index contributed by atoms with van der Waals surface area (Å²) in [5, 5.41) is 38.4. The Bertz CT molecular complexity index is 1350. The third-order valence-electron chi connectivity index (χ3n) is 10.8. The van der Waals surface area contributed by atoms with Gasteiger partial charge in [0, 0.05) is 39.5 Å². The molecule has 0 aliphatic carbocycles. The Balaban J connectivity index is 1.98. The maximum absolute atomic E-state index is 13.2. The topological polar surface area (TPSA) is 227 Å². The van der Waals surface area contributed by atoms with Crippen LogP contribution in [0.5, 0.6) is 0 Å². The van der Waals surface area contributed by atoms with Crippen LogP contribution in [0.1, 0.15) is 93.9 Å². The number of methoxy groups -OCH3 is 1. The van der Waals surface area contributed by atoms with Gasteiger partial charge < -0.3 is 64.0 Å². The summed E-state index contributed by atoms with van der Waals surface area (Å²) in [5.74, 6) is 3.06. The highest BCUT2D eigenvalue weighted by molar-refractivity contribution is 5.72. The Labute approximate surface area is 337 Å². The molecule has 17 heteroatoms. The van der Waals surface area contributed by atoms with E-state index >= 15 is 0 Å². The molecular formula is C40H69N3O14. The maximum Gasteiger partial charge on any atom is 0.309 e. The summed E-state index contributed by atoms with van der Waals surface area (Å²) < 4.78 is 48.7. The molecule has 57 heavy (non-hydrogen) atoms. The van der Waals surface area contributed by atoms with E-state index in [0.717, 1.165) is 0 Å². The summed E-state index contributed by atoms with van der Waals surface area (Å²) in [4.78, 5) is 40.0. The Morgan fingerprint density at radius 2 is 1.75 bits per heavy atom. The predicted molar refractivity (Wildman–Crippen MR) is 207 cm³/mol. The molecule has 0 saturated carbocycles. The number of carbonyl (C=O) groups excluding carboxylic acids is 3. The molecule has 3 aliphatic heterocycles. The van der Waals surface area contributed by atoms with Gasteiger partial charge in [-0.05, 0) is 72.4 Å². The number of aliphatic hydroxyl groups excluding tert-OH is 2. The Hall–Kier alpha value is -2.74. The fourth-order valence-electron chi connectivity index (χ4n) is 8.03. The van der Waals surface area contributed by atoms with Gasteiger partial charge in [-0.3, -0.25) is 14.4 Å². The van der Waals surface area contributed by atoms with Crippen LogP contribution >= 0.6 is 0 Å². The van der Waals surface area contributed by atoms with Crippen LogP contribution in [-0.4, -0.2) is 151 Å². The summed E-state index contributed by atoms with van der Waals surface area (Å²) in [6.45, 7) is 13.6. The van der Waals surface area contributed by atoms with E-state index in [0.29, 0.717) is 12.8 Å². The molecule has 0 aromatic heterocycles. The zero-order chi connectivity index (χ0) is 42.8. The summed E-state index contributed by atoms with van der Waals surface area (Å²) in [6.07, 6.45) is -5.88. The first-order valence-electron chi connectivity index (χ1n) is 20.0. The van der Waals surface area contributed by atoms with Crippen molar-refractivity contribution in [2.75, 3.05) is 21.2 Å². The van der Waals surface area contributed by atoms with E-state index < -0.39 is 109 Å². The number of nitrogens with zero attached hydrogens (tertiary/aromatic N) is 2. The summed E-state index contributed by atoms with van der Waals surface area (Å²) >= 11 is 0. The van der Waals surface area contributed by atoms with Gasteiger partial charge in [0.1, 0.15) is 36.1 Å². The normalized spacial score (nSPS) is 40.7. The van der Waals surface area contributed by atoms with Crippen molar-refractivity contribution in [3.8, 4) is 0 Å². The van der Waals surface area contributed by atoms with E-state index in [1.54, 1.807) is 58.8 Å². The number of nitrogens with two attached hydrogens (primary N) is 1. The lowest BCUT2D eigenvalue weighted by atomic mass is 9.82. The minimum Gasteiger partial charge on any atom is -0.462 e. The van der Waals surface area contributed by atoms with Gasteiger partial charge in [0.05, 0.1) is 36.9 Å². The lowest BCUT2D eigenvalue weighted by molar-refractivity contribution is -0.344. The molecule has 0 radical (unpaired) electrons. The summed E-state index contributed by atoms with van der Waals surface area (Å²) in [7, 11) is 4.93. The second kappa shape index (κ2) is 22.0. The second-order valence-electron chi connectivity index (χ2n) is 16.7. The van der Waals surface area contributed by atoms with Crippen molar-refractivity contribution < 1.29 is 67.6 Å². The van der Waals surface area contributed by atoms with E-state index in [4.69, 9.17) is 43.7 Å². The molecule has 0 aromatic carbocycles. The van der Waals surface area contributed by atoms with Gasteiger partial charge in [0.2, 0.25) is 0 Å². The lowest BCUT2D eigenvalue weighted by Gasteiger charge is -2.50.